The first kappa shape index (κ1) is 23.4. The third-order valence-corrected chi connectivity index (χ3v) is 6.18. The second-order valence-corrected chi connectivity index (χ2v) is 9.35. The molecule has 0 unspecified atom stereocenters. The first-order valence-electron chi connectivity index (χ1n) is 9.47. The molecular weight excluding hydrogens is 449 g/mol. The summed E-state index contributed by atoms with van der Waals surface area (Å²) in [6, 6.07) is 7.16. The Kier molecular flexibility index (Phi) is 6.09. The lowest BCUT2D eigenvalue weighted by Gasteiger charge is -2.10. The molecule has 0 saturated heterocycles. The van der Waals surface area contributed by atoms with Gasteiger partial charge in [0.1, 0.15) is 5.82 Å². The second-order valence-electron chi connectivity index (χ2n) is 7.40. The Bertz CT molecular complexity index is 1290. The highest BCUT2D eigenvalue weighted by Crippen LogP contribution is 2.31. The summed E-state index contributed by atoms with van der Waals surface area (Å²) in [5.74, 6) is 0.212. The predicted octanol–water partition coefficient (Wildman–Crippen LogP) is 3.21. The third-order valence-electron chi connectivity index (χ3n) is 4.67. The summed E-state index contributed by atoms with van der Waals surface area (Å²) >= 11 is 0. The summed E-state index contributed by atoms with van der Waals surface area (Å²) < 4.78 is 63.5. The molecule has 0 bridgehead atoms. The minimum Gasteiger partial charge on any atom is -0.493 e. The summed E-state index contributed by atoms with van der Waals surface area (Å²) in [5, 5.41) is 13.6. The third kappa shape index (κ3) is 4.35. The van der Waals surface area contributed by atoms with Gasteiger partial charge in [-0.3, -0.25) is 4.57 Å². The zero-order chi connectivity index (χ0) is 23.8. The molecule has 0 radical (unpaired) electrons. The summed E-state index contributed by atoms with van der Waals surface area (Å²) in [4.78, 5) is 16.2. The fourth-order valence-corrected chi connectivity index (χ4v) is 3.86. The first-order chi connectivity index (χ1) is 14.8. The Morgan fingerprint density at radius 1 is 1.16 bits per heavy atom. The van der Waals surface area contributed by atoms with Crippen LogP contribution >= 0.6 is 0 Å². The van der Waals surface area contributed by atoms with Gasteiger partial charge in [-0.25, -0.2) is 22.8 Å². The Morgan fingerprint density at radius 3 is 2.34 bits per heavy atom. The molecule has 172 valence electrons. The number of alkyl halides is 3. The lowest BCUT2D eigenvalue weighted by Crippen LogP contribution is -2.25. The molecule has 0 aliphatic rings. The molecule has 0 aliphatic carbocycles. The van der Waals surface area contributed by atoms with Gasteiger partial charge in [-0.15, -0.1) is 0 Å². The topological polar surface area (TPSA) is 106 Å². The minimum atomic E-state index is -5.52. The predicted molar refractivity (Wildman–Crippen MR) is 112 cm³/mol. The summed E-state index contributed by atoms with van der Waals surface area (Å²) in [7, 11) is -5.52. The van der Waals surface area contributed by atoms with Gasteiger partial charge >= 0.3 is 11.2 Å². The van der Waals surface area contributed by atoms with Crippen LogP contribution in [-0.4, -0.2) is 39.2 Å². The fourth-order valence-electron chi connectivity index (χ4n) is 3.09. The Morgan fingerprint density at radius 2 is 1.78 bits per heavy atom. The summed E-state index contributed by atoms with van der Waals surface area (Å²) in [6.45, 7) is 5.53. The average molecular weight is 470 g/mol. The van der Waals surface area contributed by atoms with Crippen molar-refractivity contribution in [3.8, 4) is 11.6 Å². The molecule has 2 aromatic heterocycles. The smallest absolute Gasteiger partial charge is 0.493 e. The van der Waals surface area contributed by atoms with E-state index in [4.69, 9.17) is 0 Å². The molecule has 3 rings (SSSR count). The van der Waals surface area contributed by atoms with Gasteiger partial charge in [0.25, 0.3) is 9.84 Å². The number of benzene rings is 1. The number of anilines is 1. The number of halogens is 3. The second kappa shape index (κ2) is 8.34. The van der Waals surface area contributed by atoms with Gasteiger partial charge in [0.2, 0.25) is 5.88 Å². The van der Waals surface area contributed by atoms with E-state index in [9.17, 15) is 31.5 Å². The number of pyridine rings is 1. The first-order valence-corrected chi connectivity index (χ1v) is 11.0. The Balaban J connectivity index is 1.98. The molecule has 1 aromatic carbocycles. The zero-order valence-corrected chi connectivity index (χ0v) is 18.2. The molecule has 8 nitrogen and oxygen atoms in total. The van der Waals surface area contributed by atoms with Crippen molar-refractivity contribution in [2.45, 2.75) is 43.8 Å². The zero-order valence-electron chi connectivity index (χ0n) is 17.4. The van der Waals surface area contributed by atoms with Crippen LogP contribution in [0.1, 0.15) is 25.1 Å². The summed E-state index contributed by atoms with van der Waals surface area (Å²) in [5.41, 5.74) is -5.09. The van der Waals surface area contributed by atoms with Crippen LogP contribution in [0.5, 0.6) is 5.88 Å². The standard InChI is InChI=1S/C20H21F3N4O4S/c1-12(2)25-17-10-14(8-9-24-17)11-26-13(3)18(28)27(19(26)29)15-4-6-16(7-5-15)32(30,31)20(21,22)23/h4-10,12,28H,11H2,1-3H3,(H,24,25). The molecule has 0 aliphatic heterocycles. The molecule has 32 heavy (non-hydrogen) atoms. The van der Waals surface area contributed by atoms with E-state index >= 15 is 0 Å². The van der Waals surface area contributed by atoms with E-state index in [1.807, 2.05) is 13.8 Å². The molecule has 0 atom stereocenters. The maximum Gasteiger partial charge on any atom is 0.501 e. The number of nitrogens with one attached hydrogen (secondary N) is 1. The van der Waals surface area contributed by atoms with Crippen molar-refractivity contribution >= 4 is 15.7 Å². The van der Waals surface area contributed by atoms with Crippen molar-refractivity contribution in [1.29, 1.82) is 0 Å². The summed E-state index contributed by atoms with van der Waals surface area (Å²) in [6.07, 6.45) is 1.58. The molecule has 0 amide bonds. The fraction of sp³-hybridized carbons (Fsp3) is 0.300. The quantitative estimate of drug-likeness (QED) is 0.573. The molecule has 0 spiro atoms. The van der Waals surface area contributed by atoms with Crippen molar-refractivity contribution in [1.82, 2.24) is 14.1 Å². The van der Waals surface area contributed by atoms with E-state index in [1.54, 1.807) is 18.3 Å². The molecule has 12 heteroatoms. The van der Waals surface area contributed by atoms with Gasteiger partial charge in [-0.1, -0.05) is 0 Å². The number of sulfone groups is 1. The van der Waals surface area contributed by atoms with Crippen LogP contribution in [0.4, 0.5) is 19.0 Å². The van der Waals surface area contributed by atoms with Crippen molar-refractivity contribution in [2.24, 2.45) is 0 Å². The molecule has 0 fully saturated rings. The van der Waals surface area contributed by atoms with Gasteiger partial charge in [-0.05, 0) is 62.7 Å². The van der Waals surface area contributed by atoms with Crippen molar-refractivity contribution in [3.05, 3.63) is 64.3 Å². The van der Waals surface area contributed by atoms with Gasteiger partial charge < -0.3 is 10.4 Å². The lowest BCUT2D eigenvalue weighted by atomic mass is 10.2. The normalized spacial score (nSPS) is 12.3. The lowest BCUT2D eigenvalue weighted by molar-refractivity contribution is -0.0436. The van der Waals surface area contributed by atoms with E-state index in [0.717, 1.165) is 34.4 Å². The minimum absolute atomic E-state index is 0.0207. The number of hydrogen-bond acceptors (Lipinski definition) is 6. The van der Waals surface area contributed by atoms with Crippen LogP contribution in [0, 0.1) is 6.92 Å². The molecule has 0 saturated carbocycles. The molecular formula is C20H21F3N4O4S. The highest BCUT2D eigenvalue weighted by molar-refractivity contribution is 7.92. The molecule has 3 aromatic rings. The van der Waals surface area contributed by atoms with Crippen molar-refractivity contribution in [3.63, 3.8) is 0 Å². The molecule has 2 heterocycles. The Hall–Kier alpha value is -3.28. The van der Waals surface area contributed by atoms with E-state index in [-0.39, 0.29) is 24.0 Å². The van der Waals surface area contributed by atoms with Gasteiger partial charge in [0.15, 0.2) is 0 Å². The number of imidazole rings is 1. The van der Waals surface area contributed by atoms with Gasteiger partial charge in [-0.2, -0.15) is 13.2 Å². The van der Waals surface area contributed by atoms with Crippen LogP contribution < -0.4 is 11.0 Å². The van der Waals surface area contributed by atoms with E-state index in [0.29, 0.717) is 5.82 Å². The highest BCUT2D eigenvalue weighted by atomic mass is 32.2. The number of rotatable bonds is 6. The van der Waals surface area contributed by atoms with Crippen LogP contribution in [0.2, 0.25) is 0 Å². The number of hydrogen-bond donors (Lipinski definition) is 2. The van der Waals surface area contributed by atoms with Crippen LogP contribution in [0.25, 0.3) is 5.69 Å². The monoisotopic (exact) mass is 470 g/mol. The van der Waals surface area contributed by atoms with Crippen LogP contribution in [-0.2, 0) is 16.4 Å². The maximum atomic E-state index is 13.0. The van der Waals surface area contributed by atoms with E-state index < -0.39 is 31.8 Å². The SMILES string of the molecule is Cc1c(O)n(-c2ccc(S(=O)(=O)C(F)(F)F)cc2)c(=O)n1Cc1ccnc(NC(C)C)c1. The van der Waals surface area contributed by atoms with Gasteiger partial charge in [0.05, 0.1) is 22.8 Å². The van der Waals surface area contributed by atoms with Crippen LogP contribution in [0.15, 0.2) is 52.3 Å². The maximum absolute atomic E-state index is 13.0. The van der Waals surface area contributed by atoms with Crippen LogP contribution in [0.3, 0.4) is 0 Å². The number of nitrogens with zero attached hydrogens (tertiary/aromatic N) is 3. The van der Waals surface area contributed by atoms with Crippen molar-refractivity contribution < 1.29 is 26.7 Å². The molecule has 2 N–H and O–H groups in total. The van der Waals surface area contributed by atoms with E-state index in [1.165, 1.54) is 11.5 Å². The Labute approximate surface area is 181 Å². The number of aromatic hydroxyl groups is 1. The highest BCUT2D eigenvalue weighted by Gasteiger charge is 2.46. The van der Waals surface area contributed by atoms with Crippen molar-refractivity contribution in [2.75, 3.05) is 5.32 Å². The van der Waals surface area contributed by atoms with Gasteiger partial charge in [0, 0.05) is 12.2 Å². The largest absolute Gasteiger partial charge is 0.501 e. The average Bonchev–Trinajstić information content (AvgIpc) is 2.90. The number of aromatic nitrogens is 3. The van der Waals surface area contributed by atoms with E-state index in [2.05, 4.69) is 10.3 Å².